The molecule has 0 bridgehead atoms. The molecule has 0 spiro atoms. The summed E-state index contributed by atoms with van der Waals surface area (Å²) in [5.74, 6) is -0.316. The van der Waals surface area contributed by atoms with Crippen molar-refractivity contribution in [3.05, 3.63) is 40.0 Å². The van der Waals surface area contributed by atoms with Crippen LogP contribution in [-0.4, -0.2) is 18.8 Å². The van der Waals surface area contributed by atoms with E-state index in [1.807, 2.05) is 0 Å². The Morgan fingerprint density at radius 1 is 1.50 bits per heavy atom. The van der Waals surface area contributed by atoms with E-state index in [1.54, 1.807) is 6.07 Å². The Kier molecular flexibility index (Phi) is 5.97. The SMILES string of the molecule is COc1ccc(C(CCCCO)N=[N+]=[N-])cc1F. The molecule has 1 aromatic rings. The van der Waals surface area contributed by atoms with Gasteiger partial charge in [-0.1, -0.05) is 17.6 Å². The third-order valence-electron chi connectivity index (χ3n) is 2.64. The maximum absolute atomic E-state index is 13.5. The van der Waals surface area contributed by atoms with Crippen LogP contribution in [0, 0.1) is 5.82 Å². The van der Waals surface area contributed by atoms with Crippen molar-refractivity contribution in [3.8, 4) is 5.75 Å². The molecule has 5 nitrogen and oxygen atoms in total. The number of benzene rings is 1. The van der Waals surface area contributed by atoms with E-state index >= 15 is 0 Å². The van der Waals surface area contributed by atoms with Gasteiger partial charge in [0.2, 0.25) is 0 Å². The van der Waals surface area contributed by atoms with Gasteiger partial charge in [-0.25, -0.2) is 4.39 Å². The van der Waals surface area contributed by atoms with Gasteiger partial charge in [-0.2, -0.15) is 0 Å². The molecule has 18 heavy (non-hydrogen) atoms. The monoisotopic (exact) mass is 253 g/mol. The Hall–Kier alpha value is -1.78. The van der Waals surface area contributed by atoms with E-state index < -0.39 is 11.9 Å². The molecule has 0 amide bonds. The highest BCUT2D eigenvalue weighted by Gasteiger charge is 2.12. The van der Waals surface area contributed by atoms with Gasteiger partial charge in [-0.3, -0.25) is 0 Å². The molecule has 98 valence electrons. The summed E-state index contributed by atoms with van der Waals surface area (Å²) < 4.78 is 18.4. The third-order valence-corrected chi connectivity index (χ3v) is 2.64. The zero-order valence-corrected chi connectivity index (χ0v) is 10.2. The number of aliphatic hydroxyl groups is 1. The van der Waals surface area contributed by atoms with Crippen LogP contribution in [0.15, 0.2) is 23.3 Å². The number of ether oxygens (including phenoxy) is 1. The number of hydrogen-bond acceptors (Lipinski definition) is 3. The van der Waals surface area contributed by atoms with E-state index in [0.29, 0.717) is 24.8 Å². The van der Waals surface area contributed by atoms with Crippen LogP contribution in [0.5, 0.6) is 5.75 Å². The number of azide groups is 1. The Bertz CT molecular complexity index is 433. The zero-order valence-electron chi connectivity index (χ0n) is 10.2. The van der Waals surface area contributed by atoms with E-state index in [-0.39, 0.29) is 12.4 Å². The maximum Gasteiger partial charge on any atom is 0.165 e. The summed E-state index contributed by atoms with van der Waals surface area (Å²) in [7, 11) is 1.39. The lowest BCUT2D eigenvalue weighted by Gasteiger charge is -2.12. The lowest BCUT2D eigenvalue weighted by molar-refractivity contribution is 0.281. The molecule has 0 saturated heterocycles. The van der Waals surface area contributed by atoms with Gasteiger partial charge < -0.3 is 9.84 Å². The van der Waals surface area contributed by atoms with Crippen LogP contribution < -0.4 is 4.74 Å². The van der Waals surface area contributed by atoms with Crippen molar-refractivity contribution in [1.29, 1.82) is 0 Å². The van der Waals surface area contributed by atoms with Gasteiger partial charge in [-0.05, 0) is 36.1 Å². The molecular formula is C12H16FN3O2. The van der Waals surface area contributed by atoms with Crippen molar-refractivity contribution >= 4 is 0 Å². The highest BCUT2D eigenvalue weighted by atomic mass is 19.1. The minimum atomic E-state index is -0.477. The Morgan fingerprint density at radius 2 is 2.28 bits per heavy atom. The summed E-state index contributed by atoms with van der Waals surface area (Å²) in [6.07, 6.45) is 1.93. The fraction of sp³-hybridized carbons (Fsp3) is 0.500. The molecule has 0 fully saturated rings. The molecule has 0 aliphatic heterocycles. The van der Waals surface area contributed by atoms with Gasteiger partial charge in [0.1, 0.15) is 0 Å². The van der Waals surface area contributed by atoms with E-state index in [0.717, 1.165) is 0 Å². The van der Waals surface area contributed by atoms with Crippen LogP contribution >= 0.6 is 0 Å². The average Bonchev–Trinajstić information content (AvgIpc) is 2.38. The summed E-state index contributed by atoms with van der Waals surface area (Å²) in [5, 5.41) is 12.4. The highest BCUT2D eigenvalue weighted by Crippen LogP contribution is 2.27. The molecule has 1 unspecified atom stereocenters. The molecule has 1 atom stereocenters. The van der Waals surface area contributed by atoms with Crippen LogP contribution in [0.4, 0.5) is 4.39 Å². The molecule has 0 aromatic heterocycles. The predicted octanol–water partition coefficient (Wildman–Crippen LogP) is 3.35. The van der Waals surface area contributed by atoms with Crippen molar-refractivity contribution in [2.24, 2.45) is 5.11 Å². The minimum Gasteiger partial charge on any atom is -0.494 e. The first-order valence-corrected chi connectivity index (χ1v) is 5.71. The van der Waals surface area contributed by atoms with Gasteiger partial charge >= 0.3 is 0 Å². The normalized spacial score (nSPS) is 11.7. The van der Waals surface area contributed by atoms with Crippen LogP contribution in [0.3, 0.4) is 0 Å². The molecule has 0 aliphatic carbocycles. The van der Waals surface area contributed by atoms with E-state index in [1.165, 1.54) is 19.2 Å². The third kappa shape index (κ3) is 3.91. The van der Waals surface area contributed by atoms with Crippen molar-refractivity contribution in [2.75, 3.05) is 13.7 Å². The number of nitrogens with zero attached hydrogens (tertiary/aromatic N) is 3. The number of hydrogen-bond donors (Lipinski definition) is 1. The second-order valence-electron chi connectivity index (χ2n) is 3.83. The Labute approximate surface area is 105 Å². The fourth-order valence-corrected chi connectivity index (χ4v) is 1.69. The molecule has 1 rings (SSSR count). The molecule has 0 aliphatic rings. The summed E-state index contributed by atoms with van der Waals surface area (Å²) in [6, 6.07) is 4.09. The number of halogens is 1. The summed E-state index contributed by atoms with van der Waals surface area (Å²) >= 11 is 0. The maximum atomic E-state index is 13.5. The van der Waals surface area contributed by atoms with Crippen molar-refractivity contribution in [2.45, 2.75) is 25.3 Å². The van der Waals surface area contributed by atoms with Gasteiger partial charge in [-0.15, -0.1) is 0 Å². The molecular weight excluding hydrogens is 237 g/mol. The van der Waals surface area contributed by atoms with Gasteiger partial charge in [0.15, 0.2) is 11.6 Å². The van der Waals surface area contributed by atoms with Crippen LogP contribution in [-0.2, 0) is 0 Å². The lowest BCUT2D eigenvalue weighted by atomic mass is 10.0. The smallest absolute Gasteiger partial charge is 0.165 e. The Morgan fingerprint density at radius 3 is 2.83 bits per heavy atom. The molecule has 0 radical (unpaired) electrons. The van der Waals surface area contributed by atoms with Crippen molar-refractivity contribution < 1.29 is 14.2 Å². The number of aliphatic hydroxyl groups excluding tert-OH is 1. The number of rotatable bonds is 7. The number of unbranched alkanes of at least 4 members (excludes halogenated alkanes) is 1. The fourth-order valence-electron chi connectivity index (χ4n) is 1.69. The molecule has 0 heterocycles. The quantitative estimate of drug-likeness (QED) is 0.350. The second kappa shape index (κ2) is 7.53. The molecule has 0 saturated carbocycles. The summed E-state index contributed by atoms with van der Waals surface area (Å²) in [4.78, 5) is 2.77. The zero-order chi connectivity index (χ0) is 13.4. The molecule has 1 aromatic carbocycles. The Balaban J connectivity index is 2.84. The molecule has 1 N–H and O–H groups in total. The van der Waals surface area contributed by atoms with Crippen molar-refractivity contribution in [3.63, 3.8) is 0 Å². The predicted molar refractivity (Wildman–Crippen MR) is 65.8 cm³/mol. The van der Waals surface area contributed by atoms with Crippen LogP contribution in [0.2, 0.25) is 0 Å². The van der Waals surface area contributed by atoms with Crippen LogP contribution in [0.25, 0.3) is 10.4 Å². The van der Waals surface area contributed by atoms with Gasteiger partial charge in [0.25, 0.3) is 0 Å². The number of methoxy groups -OCH3 is 1. The molecule has 6 heteroatoms. The lowest BCUT2D eigenvalue weighted by Crippen LogP contribution is -1.98. The summed E-state index contributed by atoms with van der Waals surface area (Å²) in [6.45, 7) is 0.0972. The minimum absolute atomic E-state index is 0.0972. The average molecular weight is 253 g/mol. The standard InChI is InChI=1S/C12H16FN3O2/c1-18-12-6-5-9(8-10(12)13)11(15-16-14)4-2-3-7-17/h5-6,8,11,17H,2-4,7H2,1H3. The van der Waals surface area contributed by atoms with E-state index in [9.17, 15) is 4.39 Å². The summed E-state index contributed by atoms with van der Waals surface area (Å²) in [5.41, 5.74) is 9.13. The topological polar surface area (TPSA) is 78.2 Å². The largest absolute Gasteiger partial charge is 0.494 e. The van der Waals surface area contributed by atoms with Crippen molar-refractivity contribution in [1.82, 2.24) is 0 Å². The van der Waals surface area contributed by atoms with Crippen LogP contribution in [0.1, 0.15) is 30.9 Å². The first kappa shape index (κ1) is 14.3. The van der Waals surface area contributed by atoms with Gasteiger partial charge in [0, 0.05) is 11.5 Å². The van der Waals surface area contributed by atoms with E-state index in [4.69, 9.17) is 15.4 Å². The van der Waals surface area contributed by atoms with Gasteiger partial charge in [0.05, 0.1) is 13.2 Å². The highest BCUT2D eigenvalue weighted by molar-refractivity contribution is 5.31. The first-order chi connectivity index (χ1) is 8.72. The van der Waals surface area contributed by atoms with E-state index in [2.05, 4.69) is 10.0 Å². The first-order valence-electron chi connectivity index (χ1n) is 5.71. The second-order valence-corrected chi connectivity index (χ2v) is 3.83.